The van der Waals surface area contributed by atoms with Gasteiger partial charge in [-0.3, -0.25) is 9.19 Å². The minimum absolute atomic E-state index is 0.0783. The van der Waals surface area contributed by atoms with E-state index in [1.165, 1.54) is 12.3 Å². The van der Waals surface area contributed by atoms with E-state index in [9.17, 15) is 8.76 Å². The largest absolute Gasteiger partial charge is 0.772 e. The quantitative estimate of drug-likeness (QED) is 0.637. The van der Waals surface area contributed by atoms with Gasteiger partial charge in [-0.2, -0.15) is 0 Å². The van der Waals surface area contributed by atoms with Crippen LogP contribution in [0, 0.1) is 0 Å². The minimum atomic E-state index is -2.09. The normalized spacial score (nSPS) is 12.8. The van der Waals surface area contributed by atoms with E-state index in [0.717, 1.165) is 0 Å². The Bertz CT molecular complexity index is 277. The van der Waals surface area contributed by atoms with Gasteiger partial charge in [0.1, 0.15) is 0 Å². The van der Waals surface area contributed by atoms with Crippen LogP contribution in [-0.4, -0.2) is 13.7 Å². The molecule has 11 heavy (non-hydrogen) atoms. The molecule has 4 nitrogen and oxygen atoms in total. The van der Waals surface area contributed by atoms with E-state index in [1.54, 1.807) is 6.07 Å². The highest BCUT2D eigenvalue weighted by Gasteiger charge is 1.93. The molecular formula is C6H7N2O2S-. The monoisotopic (exact) mass is 171 g/mol. The Morgan fingerprint density at radius 2 is 2.45 bits per heavy atom. The highest BCUT2D eigenvalue weighted by atomic mass is 32.2. The average molecular weight is 171 g/mol. The van der Waals surface area contributed by atoms with Crippen LogP contribution < -0.4 is 5.73 Å². The maximum absolute atomic E-state index is 10.2. The zero-order valence-electron chi connectivity index (χ0n) is 5.69. The van der Waals surface area contributed by atoms with Crippen molar-refractivity contribution >= 4 is 16.8 Å². The smallest absolute Gasteiger partial charge is 0.0537 e. The first-order valence-electron chi connectivity index (χ1n) is 2.95. The summed E-state index contributed by atoms with van der Waals surface area (Å²) in [5.74, 6) is -0.0783. The number of nitrogens with zero attached hydrogens (tertiary/aromatic N) is 1. The van der Waals surface area contributed by atoms with E-state index < -0.39 is 11.1 Å². The zero-order chi connectivity index (χ0) is 8.27. The summed E-state index contributed by atoms with van der Waals surface area (Å²) < 4.78 is 20.4. The fourth-order valence-electron chi connectivity index (χ4n) is 0.697. The van der Waals surface area contributed by atoms with Crippen molar-refractivity contribution in [3.05, 3.63) is 24.0 Å². The number of anilines is 1. The topological polar surface area (TPSA) is 79.0 Å². The molecule has 1 unspecified atom stereocenters. The summed E-state index contributed by atoms with van der Waals surface area (Å²) in [4.78, 5) is 3.81. The summed E-state index contributed by atoms with van der Waals surface area (Å²) in [6.07, 6.45) is 1.48. The van der Waals surface area contributed by atoms with Crippen LogP contribution in [0.25, 0.3) is 0 Å². The predicted molar refractivity (Wildman–Crippen MR) is 41.3 cm³/mol. The van der Waals surface area contributed by atoms with Crippen molar-refractivity contribution in [1.29, 1.82) is 0 Å². The molecule has 0 bridgehead atoms. The van der Waals surface area contributed by atoms with E-state index in [2.05, 4.69) is 4.98 Å². The molecule has 0 aromatic carbocycles. The number of nitrogen functional groups attached to an aromatic ring is 1. The third-order valence-corrected chi connectivity index (χ3v) is 1.64. The lowest BCUT2D eigenvalue weighted by Gasteiger charge is -2.03. The summed E-state index contributed by atoms with van der Waals surface area (Å²) in [5, 5.41) is 0. The van der Waals surface area contributed by atoms with E-state index in [1.807, 2.05) is 0 Å². The summed E-state index contributed by atoms with van der Waals surface area (Å²) in [6.45, 7) is 0. The molecule has 1 rings (SSSR count). The van der Waals surface area contributed by atoms with Gasteiger partial charge >= 0.3 is 0 Å². The van der Waals surface area contributed by atoms with Crippen molar-refractivity contribution in [1.82, 2.24) is 4.98 Å². The fourth-order valence-corrected chi connectivity index (χ4v) is 1.10. The van der Waals surface area contributed by atoms with E-state index >= 15 is 0 Å². The second-order valence-corrected chi connectivity index (χ2v) is 2.92. The standard InChI is InChI=1S/C6H8N2O2S/c7-5-1-2-8-6(3-5)4-11(9)10/h1-3H,4H2,(H2,7,8)(H,9,10)/p-1. The summed E-state index contributed by atoms with van der Waals surface area (Å²) in [5.41, 5.74) is 6.39. The maximum atomic E-state index is 10.2. The van der Waals surface area contributed by atoms with Gasteiger partial charge in [0.2, 0.25) is 0 Å². The SMILES string of the molecule is Nc1ccnc(CS(=O)[O-])c1. The average Bonchev–Trinajstić information content (AvgIpc) is 1.85. The number of hydrogen-bond acceptors (Lipinski definition) is 4. The Balaban J connectivity index is 2.79. The molecule has 1 heterocycles. The molecule has 0 fully saturated rings. The molecule has 0 saturated carbocycles. The first-order chi connectivity index (χ1) is 5.18. The van der Waals surface area contributed by atoms with Crippen molar-refractivity contribution in [3.63, 3.8) is 0 Å². The van der Waals surface area contributed by atoms with Crippen LogP contribution in [0.3, 0.4) is 0 Å². The van der Waals surface area contributed by atoms with Gasteiger partial charge in [-0.05, 0) is 23.2 Å². The Labute approximate surface area is 66.7 Å². The van der Waals surface area contributed by atoms with Gasteiger partial charge in [-0.1, -0.05) is 0 Å². The first kappa shape index (κ1) is 8.16. The predicted octanol–water partition coefficient (Wildman–Crippen LogP) is 0.0429. The zero-order valence-corrected chi connectivity index (χ0v) is 6.50. The summed E-state index contributed by atoms with van der Waals surface area (Å²) in [6, 6.07) is 3.15. The fraction of sp³-hybridized carbons (Fsp3) is 0.167. The Kier molecular flexibility index (Phi) is 2.56. The molecule has 2 N–H and O–H groups in total. The molecule has 0 radical (unpaired) electrons. The van der Waals surface area contributed by atoms with Crippen LogP contribution in [0.5, 0.6) is 0 Å². The lowest BCUT2D eigenvalue weighted by molar-refractivity contribution is 0.535. The molecule has 1 aromatic heterocycles. The Morgan fingerprint density at radius 1 is 1.73 bits per heavy atom. The molecule has 0 amide bonds. The van der Waals surface area contributed by atoms with Crippen LogP contribution >= 0.6 is 0 Å². The van der Waals surface area contributed by atoms with Crippen LogP contribution in [0.4, 0.5) is 5.69 Å². The summed E-state index contributed by atoms with van der Waals surface area (Å²) in [7, 11) is 0. The lowest BCUT2D eigenvalue weighted by atomic mass is 10.3. The van der Waals surface area contributed by atoms with Crippen LogP contribution in [-0.2, 0) is 16.8 Å². The van der Waals surface area contributed by atoms with E-state index in [4.69, 9.17) is 5.73 Å². The molecule has 0 aliphatic carbocycles. The molecule has 60 valence electrons. The van der Waals surface area contributed by atoms with Gasteiger partial charge in [0.15, 0.2) is 0 Å². The van der Waals surface area contributed by atoms with Gasteiger partial charge < -0.3 is 10.3 Å². The molecular weight excluding hydrogens is 164 g/mol. The number of nitrogens with two attached hydrogens (primary N) is 1. The van der Waals surface area contributed by atoms with Crippen LogP contribution in [0.15, 0.2) is 18.3 Å². The Hall–Kier alpha value is -0.940. The third kappa shape index (κ3) is 2.65. The van der Waals surface area contributed by atoms with Crippen LogP contribution in [0.1, 0.15) is 5.69 Å². The number of rotatable bonds is 2. The molecule has 5 heteroatoms. The van der Waals surface area contributed by atoms with Gasteiger partial charge in [0, 0.05) is 11.9 Å². The second-order valence-electron chi connectivity index (χ2n) is 2.03. The minimum Gasteiger partial charge on any atom is -0.772 e. The van der Waals surface area contributed by atoms with Gasteiger partial charge in [0.25, 0.3) is 0 Å². The highest BCUT2D eigenvalue weighted by Crippen LogP contribution is 2.03. The molecule has 1 atom stereocenters. The van der Waals surface area contributed by atoms with E-state index in [-0.39, 0.29) is 5.75 Å². The highest BCUT2D eigenvalue weighted by molar-refractivity contribution is 7.78. The molecule has 0 spiro atoms. The van der Waals surface area contributed by atoms with Crippen molar-refractivity contribution in [3.8, 4) is 0 Å². The van der Waals surface area contributed by atoms with E-state index in [0.29, 0.717) is 11.4 Å². The number of pyridine rings is 1. The maximum Gasteiger partial charge on any atom is 0.0537 e. The first-order valence-corrected chi connectivity index (χ1v) is 4.19. The van der Waals surface area contributed by atoms with Crippen molar-refractivity contribution in [2.75, 3.05) is 5.73 Å². The van der Waals surface area contributed by atoms with Gasteiger partial charge in [-0.25, -0.2) is 0 Å². The number of aromatic nitrogens is 1. The summed E-state index contributed by atoms with van der Waals surface area (Å²) >= 11 is -2.09. The Morgan fingerprint density at radius 3 is 3.00 bits per heavy atom. The second kappa shape index (κ2) is 3.45. The third-order valence-electron chi connectivity index (χ3n) is 1.11. The van der Waals surface area contributed by atoms with Crippen LogP contribution in [0.2, 0.25) is 0 Å². The number of hydrogen-bond donors (Lipinski definition) is 1. The lowest BCUT2D eigenvalue weighted by Crippen LogP contribution is -1.97. The molecule has 1 aromatic rings. The molecule has 0 saturated heterocycles. The molecule has 0 aliphatic rings. The van der Waals surface area contributed by atoms with Crippen molar-refractivity contribution in [2.45, 2.75) is 5.75 Å². The van der Waals surface area contributed by atoms with Gasteiger partial charge in [0.05, 0.1) is 11.4 Å². The van der Waals surface area contributed by atoms with Crippen molar-refractivity contribution in [2.24, 2.45) is 0 Å². The molecule has 0 aliphatic heterocycles. The van der Waals surface area contributed by atoms with Gasteiger partial charge in [-0.15, -0.1) is 0 Å². The van der Waals surface area contributed by atoms with Crippen molar-refractivity contribution < 1.29 is 8.76 Å².